The number of nitrogens with one attached hydrogen (secondary N) is 1. The second-order valence-corrected chi connectivity index (χ2v) is 7.56. The molecule has 0 bridgehead atoms. The number of hydrogen-bond donors (Lipinski definition) is 2. The first-order valence-corrected chi connectivity index (χ1v) is 8.83. The number of anilines is 1. The van der Waals surface area contributed by atoms with E-state index >= 15 is 0 Å². The van der Waals surface area contributed by atoms with Crippen LogP contribution in [0.2, 0.25) is 0 Å². The number of aliphatic carboxylic acids is 1. The lowest BCUT2D eigenvalue weighted by Gasteiger charge is -2.17. The van der Waals surface area contributed by atoms with Gasteiger partial charge >= 0.3 is 5.97 Å². The third-order valence-corrected chi connectivity index (χ3v) is 5.70. The van der Waals surface area contributed by atoms with Gasteiger partial charge < -0.3 is 10.4 Å². The molecule has 2 aromatic rings. The molecule has 7 heteroatoms. The molecule has 1 unspecified atom stereocenters. The van der Waals surface area contributed by atoms with Crippen molar-refractivity contribution in [3.05, 3.63) is 46.7 Å². The highest BCUT2D eigenvalue weighted by atomic mass is 32.2. The molecule has 5 nitrogen and oxygen atoms in total. The minimum absolute atomic E-state index is 0.0393. The Balaban J connectivity index is 2.41. The summed E-state index contributed by atoms with van der Waals surface area (Å²) in [5.41, 5.74) is 0.306. The van der Waals surface area contributed by atoms with Gasteiger partial charge in [-0.05, 0) is 23.6 Å². The molecule has 0 saturated carbocycles. The lowest BCUT2D eigenvalue weighted by Crippen LogP contribution is -2.21. The van der Waals surface area contributed by atoms with Gasteiger partial charge in [0.2, 0.25) is 0 Å². The van der Waals surface area contributed by atoms with Crippen LogP contribution >= 0.6 is 11.3 Å². The van der Waals surface area contributed by atoms with Crippen LogP contribution in [0.1, 0.15) is 17.8 Å². The van der Waals surface area contributed by atoms with Crippen LogP contribution in [0.15, 0.2) is 46.7 Å². The van der Waals surface area contributed by atoms with Gasteiger partial charge in [-0.3, -0.25) is 0 Å². The van der Waals surface area contributed by atoms with Crippen molar-refractivity contribution in [3.8, 4) is 0 Å². The summed E-state index contributed by atoms with van der Waals surface area (Å²) in [7, 11) is -3.42. The fourth-order valence-electron chi connectivity index (χ4n) is 1.88. The molecule has 112 valence electrons. The van der Waals surface area contributed by atoms with E-state index in [2.05, 4.69) is 5.32 Å². The number of sulfone groups is 1. The number of benzene rings is 1. The Morgan fingerprint density at radius 3 is 2.57 bits per heavy atom. The average molecular weight is 325 g/mol. The fourth-order valence-corrected chi connectivity index (χ4v) is 3.70. The van der Waals surface area contributed by atoms with Crippen molar-refractivity contribution in [2.75, 3.05) is 11.1 Å². The zero-order valence-electron chi connectivity index (χ0n) is 11.3. The zero-order valence-corrected chi connectivity index (χ0v) is 12.9. The molecule has 0 aliphatic heterocycles. The van der Waals surface area contributed by atoms with E-state index in [1.54, 1.807) is 42.6 Å². The Labute approximate surface area is 127 Å². The van der Waals surface area contributed by atoms with Gasteiger partial charge in [0, 0.05) is 4.88 Å². The Morgan fingerprint density at radius 2 is 2.00 bits per heavy atom. The maximum Gasteiger partial charge on any atom is 0.331 e. The van der Waals surface area contributed by atoms with E-state index in [0.717, 1.165) is 0 Å². The Bertz CT molecular complexity index is 723. The number of para-hydroxylation sites is 1. The van der Waals surface area contributed by atoms with Crippen LogP contribution in [0.5, 0.6) is 0 Å². The molecule has 1 heterocycles. The molecule has 1 aromatic carbocycles. The zero-order chi connectivity index (χ0) is 15.5. The molecule has 0 amide bonds. The largest absolute Gasteiger partial charge is 0.479 e. The van der Waals surface area contributed by atoms with Crippen LogP contribution in [0.3, 0.4) is 0 Å². The highest BCUT2D eigenvalue weighted by Gasteiger charge is 2.24. The molecule has 1 aromatic heterocycles. The molecule has 0 aliphatic rings. The lowest BCUT2D eigenvalue weighted by atomic mass is 10.2. The van der Waals surface area contributed by atoms with Crippen molar-refractivity contribution in [1.29, 1.82) is 0 Å². The van der Waals surface area contributed by atoms with Crippen LogP contribution in [-0.4, -0.2) is 25.2 Å². The topological polar surface area (TPSA) is 83.5 Å². The highest BCUT2D eigenvalue weighted by molar-refractivity contribution is 7.91. The molecule has 0 fully saturated rings. The van der Waals surface area contributed by atoms with Crippen molar-refractivity contribution in [2.24, 2.45) is 0 Å². The second-order valence-electron chi connectivity index (χ2n) is 4.33. The van der Waals surface area contributed by atoms with Crippen LogP contribution in [0.4, 0.5) is 5.69 Å². The van der Waals surface area contributed by atoms with E-state index in [1.165, 1.54) is 17.4 Å². The number of thiophene rings is 1. The summed E-state index contributed by atoms with van der Waals surface area (Å²) >= 11 is 1.30. The van der Waals surface area contributed by atoms with Gasteiger partial charge in [-0.1, -0.05) is 25.1 Å². The quantitative estimate of drug-likeness (QED) is 0.853. The minimum atomic E-state index is -3.42. The number of carbonyl (C=O) groups is 1. The molecule has 1 atom stereocenters. The fraction of sp³-hybridized carbons (Fsp3) is 0.214. The maximum absolute atomic E-state index is 12.1. The van der Waals surface area contributed by atoms with Gasteiger partial charge in [-0.2, -0.15) is 0 Å². The number of hydrogen-bond acceptors (Lipinski definition) is 5. The molecule has 0 saturated heterocycles. The van der Waals surface area contributed by atoms with E-state index < -0.39 is 21.8 Å². The van der Waals surface area contributed by atoms with Crippen LogP contribution in [0, 0.1) is 0 Å². The van der Waals surface area contributed by atoms with Crippen LogP contribution < -0.4 is 5.32 Å². The van der Waals surface area contributed by atoms with Crippen molar-refractivity contribution in [1.82, 2.24) is 0 Å². The SMILES string of the molecule is CCS(=O)(=O)c1ccccc1NC(C(=O)O)c1cccs1. The van der Waals surface area contributed by atoms with Crippen molar-refractivity contribution >= 4 is 32.8 Å². The maximum atomic E-state index is 12.1. The Kier molecular flexibility index (Phi) is 4.64. The molecule has 21 heavy (non-hydrogen) atoms. The van der Waals surface area contributed by atoms with Crippen molar-refractivity contribution < 1.29 is 18.3 Å². The van der Waals surface area contributed by atoms with Gasteiger partial charge in [0.15, 0.2) is 15.9 Å². The first-order chi connectivity index (χ1) is 9.95. The van der Waals surface area contributed by atoms with E-state index in [1.807, 2.05) is 0 Å². The highest BCUT2D eigenvalue weighted by Crippen LogP contribution is 2.28. The minimum Gasteiger partial charge on any atom is -0.479 e. The molecule has 0 spiro atoms. The van der Waals surface area contributed by atoms with E-state index in [0.29, 0.717) is 10.6 Å². The number of carboxylic acid groups (broad SMARTS) is 1. The van der Waals surface area contributed by atoms with Gasteiger partial charge in [-0.25, -0.2) is 13.2 Å². The van der Waals surface area contributed by atoms with Gasteiger partial charge in [0.05, 0.1) is 16.3 Å². The van der Waals surface area contributed by atoms with E-state index in [-0.39, 0.29) is 10.6 Å². The molecule has 0 aliphatic carbocycles. The summed E-state index contributed by atoms with van der Waals surface area (Å²) in [6.07, 6.45) is 0. The third-order valence-electron chi connectivity index (χ3n) is 2.98. The summed E-state index contributed by atoms with van der Waals surface area (Å²) in [4.78, 5) is 12.2. The standard InChI is InChI=1S/C14H15NO4S2/c1-2-21(18,19)12-8-4-3-6-10(12)15-13(14(16)17)11-7-5-9-20-11/h3-9,13,15H,2H2,1H3,(H,16,17). The van der Waals surface area contributed by atoms with Crippen molar-refractivity contribution in [3.63, 3.8) is 0 Å². The van der Waals surface area contributed by atoms with Crippen LogP contribution in [0.25, 0.3) is 0 Å². The predicted molar refractivity (Wildman–Crippen MR) is 82.5 cm³/mol. The van der Waals surface area contributed by atoms with Gasteiger partial charge in [0.25, 0.3) is 0 Å². The van der Waals surface area contributed by atoms with E-state index in [4.69, 9.17) is 0 Å². The third kappa shape index (κ3) is 3.43. The van der Waals surface area contributed by atoms with Gasteiger partial charge in [0.1, 0.15) is 0 Å². The van der Waals surface area contributed by atoms with Crippen molar-refractivity contribution in [2.45, 2.75) is 17.9 Å². The number of carboxylic acids is 1. The second kappa shape index (κ2) is 6.28. The molecular weight excluding hydrogens is 310 g/mol. The average Bonchev–Trinajstić information content (AvgIpc) is 2.98. The summed E-state index contributed by atoms with van der Waals surface area (Å²) in [6, 6.07) is 8.83. The first-order valence-electron chi connectivity index (χ1n) is 6.30. The monoisotopic (exact) mass is 325 g/mol. The molecule has 2 rings (SSSR count). The van der Waals surface area contributed by atoms with E-state index in [9.17, 15) is 18.3 Å². The summed E-state index contributed by atoms with van der Waals surface area (Å²) in [5, 5.41) is 14.0. The summed E-state index contributed by atoms with van der Waals surface area (Å²) in [5.74, 6) is -1.09. The summed E-state index contributed by atoms with van der Waals surface area (Å²) < 4.78 is 24.1. The molecule has 0 radical (unpaired) electrons. The predicted octanol–water partition coefficient (Wildman–Crippen LogP) is 2.78. The Morgan fingerprint density at radius 1 is 1.29 bits per heavy atom. The summed E-state index contributed by atoms with van der Waals surface area (Å²) in [6.45, 7) is 1.56. The first kappa shape index (κ1) is 15.5. The molecule has 2 N–H and O–H groups in total. The number of rotatable bonds is 6. The lowest BCUT2D eigenvalue weighted by molar-refractivity contribution is -0.138. The normalized spacial score (nSPS) is 12.8. The Hall–Kier alpha value is -1.86. The molecular formula is C14H15NO4S2. The smallest absolute Gasteiger partial charge is 0.331 e. The van der Waals surface area contributed by atoms with Crippen LogP contribution in [-0.2, 0) is 14.6 Å². The van der Waals surface area contributed by atoms with Gasteiger partial charge in [-0.15, -0.1) is 11.3 Å².